The van der Waals surface area contributed by atoms with E-state index in [0.717, 1.165) is 49.0 Å². The van der Waals surface area contributed by atoms with E-state index < -0.39 is 0 Å². The van der Waals surface area contributed by atoms with Crippen LogP contribution in [0.4, 0.5) is 0 Å². The van der Waals surface area contributed by atoms with Crippen molar-refractivity contribution in [2.24, 2.45) is 12.0 Å². The molecule has 0 radical (unpaired) electrons. The largest absolute Gasteiger partial charge is 0.492 e. The van der Waals surface area contributed by atoms with Crippen molar-refractivity contribution in [2.45, 2.75) is 19.6 Å². The van der Waals surface area contributed by atoms with Gasteiger partial charge in [-0.15, -0.1) is 0 Å². The highest BCUT2D eigenvalue weighted by molar-refractivity contribution is 5.80. The molecule has 2 heterocycles. The average Bonchev–Trinajstić information content (AvgIpc) is 3.18. The van der Waals surface area contributed by atoms with E-state index in [0.29, 0.717) is 19.8 Å². The van der Waals surface area contributed by atoms with Gasteiger partial charge in [0.2, 0.25) is 0 Å². The number of ether oxygens (including phenoxy) is 2. The number of nitrogens with one attached hydrogen (secondary N) is 1. The summed E-state index contributed by atoms with van der Waals surface area (Å²) in [6, 6.07) is 8.18. The third kappa shape index (κ3) is 6.47. The second-order valence-electron chi connectivity index (χ2n) is 7.72. The lowest BCUT2D eigenvalue weighted by Gasteiger charge is -2.34. The molecule has 8 nitrogen and oxygen atoms in total. The molecule has 0 aliphatic carbocycles. The Morgan fingerprint density at radius 1 is 1.40 bits per heavy atom. The summed E-state index contributed by atoms with van der Waals surface area (Å²) in [5.74, 6) is 1.80. The van der Waals surface area contributed by atoms with Crippen LogP contribution in [0.1, 0.15) is 24.2 Å². The van der Waals surface area contributed by atoms with Crippen LogP contribution in [0.25, 0.3) is 0 Å². The molecule has 1 aromatic carbocycles. The monoisotopic (exact) mass is 414 g/mol. The Kier molecular flexibility index (Phi) is 8.10. The Bertz CT molecular complexity index is 819. The molecule has 164 valence electrons. The zero-order valence-electron chi connectivity index (χ0n) is 18.5. The molecule has 1 aliphatic heterocycles. The zero-order valence-corrected chi connectivity index (χ0v) is 18.5. The lowest BCUT2D eigenvalue weighted by atomic mass is 10.1. The first kappa shape index (κ1) is 22.1. The van der Waals surface area contributed by atoms with Crippen LogP contribution >= 0.6 is 0 Å². The van der Waals surface area contributed by atoms with Crippen LogP contribution in [-0.2, 0) is 18.3 Å². The summed E-state index contributed by atoms with van der Waals surface area (Å²) in [7, 11) is 6.01. The lowest BCUT2D eigenvalue weighted by molar-refractivity contribution is -0.00805. The Morgan fingerprint density at radius 2 is 2.27 bits per heavy atom. The molecule has 30 heavy (non-hydrogen) atoms. The summed E-state index contributed by atoms with van der Waals surface area (Å²) in [4.78, 5) is 9.26. The van der Waals surface area contributed by atoms with Crippen molar-refractivity contribution >= 4 is 5.96 Å². The summed E-state index contributed by atoms with van der Waals surface area (Å²) in [6.45, 7) is 7.31. The first-order chi connectivity index (χ1) is 14.5. The van der Waals surface area contributed by atoms with Crippen molar-refractivity contribution in [1.29, 1.82) is 0 Å². The van der Waals surface area contributed by atoms with E-state index >= 15 is 0 Å². The Labute approximate surface area is 179 Å². The van der Waals surface area contributed by atoms with Crippen molar-refractivity contribution in [3.05, 3.63) is 47.8 Å². The van der Waals surface area contributed by atoms with E-state index in [9.17, 15) is 0 Å². The van der Waals surface area contributed by atoms with Crippen molar-refractivity contribution in [1.82, 2.24) is 24.9 Å². The van der Waals surface area contributed by atoms with E-state index in [1.165, 1.54) is 0 Å². The SMILES string of the molecule is CCNC(=NCc1cccc(OCCN(C)C)c1)N1CCOC(c2cnn(C)c2)C1. The molecule has 3 rings (SSSR count). The Morgan fingerprint density at radius 3 is 3.00 bits per heavy atom. The van der Waals surface area contributed by atoms with Gasteiger partial charge in [-0.3, -0.25) is 4.68 Å². The van der Waals surface area contributed by atoms with Crippen LogP contribution in [0.15, 0.2) is 41.7 Å². The van der Waals surface area contributed by atoms with Gasteiger partial charge in [0, 0.05) is 38.4 Å². The van der Waals surface area contributed by atoms with E-state index in [1.807, 2.05) is 50.4 Å². The molecule has 0 spiro atoms. The van der Waals surface area contributed by atoms with E-state index in [2.05, 4.69) is 39.3 Å². The van der Waals surface area contributed by atoms with Crippen molar-refractivity contribution in [3.63, 3.8) is 0 Å². The molecule has 0 amide bonds. The van der Waals surface area contributed by atoms with E-state index in [1.54, 1.807) is 0 Å². The molecule has 1 fully saturated rings. The fraction of sp³-hybridized carbons (Fsp3) is 0.545. The summed E-state index contributed by atoms with van der Waals surface area (Å²) < 4.78 is 13.6. The van der Waals surface area contributed by atoms with Gasteiger partial charge in [-0.25, -0.2) is 4.99 Å². The normalized spacial score (nSPS) is 17.4. The predicted molar refractivity (Wildman–Crippen MR) is 119 cm³/mol. The number of hydrogen-bond acceptors (Lipinski definition) is 5. The fourth-order valence-corrected chi connectivity index (χ4v) is 3.32. The average molecular weight is 415 g/mol. The predicted octanol–water partition coefficient (Wildman–Crippen LogP) is 1.90. The maximum atomic E-state index is 5.97. The third-order valence-electron chi connectivity index (χ3n) is 4.91. The van der Waals surface area contributed by atoms with Crippen molar-refractivity contribution in [3.8, 4) is 5.75 Å². The van der Waals surface area contributed by atoms with Gasteiger partial charge in [-0.2, -0.15) is 5.10 Å². The topological polar surface area (TPSA) is 67.2 Å². The minimum Gasteiger partial charge on any atom is -0.492 e. The number of likely N-dealkylation sites (N-methyl/N-ethyl adjacent to an activating group) is 1. The van der Waals surface area contributed by atoms with Gasteiger partial charge < -0.3 is 24.6 Å². The van der Waals surface area contributed by atoms with Gasteiger partial charge in [0.05, 0.1) is 25.9 Å². The summed E-state index contributed by atoms with van der Waals surface area (Å²) >= 11 is 0. The maximum Gasteiger partial charge on any atom is 0.194 e. The molecule has 1 unspecified atom stereocenters. The highest BCUT2D eigenvalue weighted by Crippen LogP contribution is 2.22. The standard InChI is InChI=1S/C22H34N6O2/c1-5-23-22(28-10-12-30-21(17-28)19-15-25-27(4)16-19)24-14-18-7-6-8-20(13-18)29-11-9-26(2)3/h6-8,13,15-16,21H,5,9-12,14,17H2,1-4H3,(H,23,24). The molecular weight excluding hydrogens is 380 g/mol. The molecule has 8 heteroatoms. The fourth-order valence-electron chi connectivity index (χ4n) is 3.32. The van der Waals surface area contributed by atoms with Crippen molar-refractivity contribution in [2.75, 3.05) is 53.5 Å². The van der Waals surface area contributed by atoms with Gasteiger partial charge in [-0.1, -0.05) is 12.1 Å². The zero-order chi connectivity index (χ0) is 21.3. The smallest absolute Gasteiger partial charge is 0.194 e. The molecule has 1 aliphatic rings. The quantitative estimate of drug-likeness (QED) is 0.526. The highest BCUT2D eigenvalue weighted by Gasteiger charge is 2.25. The van der Waals surface area contributed by atoms with E-state index in [4.69, 9.17) is 14.5 Å². The highest BCUT2D eigenvalue weighted by atomic mass is 16.5. The number of hydrogen-bond donors (Lipinski definition) is 1. The molecule has 2 aromatic rings. The number of guanidine groups is 1. The minimum absolute atomic E-state index is 0.00438. The van der Waals surface area contributed by atoms with Gasteiger partial charge in [-0.05, 0) is 38.7 Å². The maximum absolute atomic E-state index is 5.97. The number of morpholine rings is 1. The van der Waals surface area contributed by atoms with Gasteiger partial charge in [0.25, 0.3) is 0 Å². The first-order valence-corrected chi connectivity index (χ1v) is 10.5. The van der Waals surface area contributed by atoms with Crippen LogP contribution in [-0.4, -0.2) is 79.0 Å². The number of aromatic nitrogens is 2. The Balaban J connectivity index is 1.64. The van der Waals surface area contributed by atoms with E-state index in [-0.39, 0.29) is 6.10 Å². The third-order valence-corrected chi connectivity index (χ3v) is 4.91. The molecule has 0 bridgehead atoms. The molecule has 1 N–H and O–H groups in total. The van der Waals surface area contributed by atoms with Gasteiger partial charge in [0.1, 0.15) is 18.5 Å². The number of benzene rings is 1. The van der Waals surface area contributed by atoms with Crippen LogP contribution in [0, 0.1) is 0 Å². The first-order valence-electron chi connectivity index (χ1n) is 10.5. The summed E-state index contributed by atoms with van der Waals surface area (Å²) in [5, 5.41) is 7.69. The number of rotatable bonds is 8. The second-order valence-corrected chi connectivity index (χ2v) is 7.72. The Hall–Kier alpha value is -2.58. The number of nitrogens with zero attached hydrogens (tertiary/aromatic N) is 5. The molecule has 0 saturated carbocycles. The minimum atomic E-state index is 0.00438. The summed E-state index contributed by atoms with van der Waals surface area (Å²) in [5.41, 5.74) is 2.23. The lowest BCUT2D eigenvalue weighted by Crippen LogP contribution is -2.48. The number of aryl methyl sites for hydroxylation is 1. The van der Waals surface area contributed by atoms with Gasteiger partial charge in [0.15, 0.2) is 5.96 Å². The summed E-state index contributed by atoms with van der Waals surface area (Å²) in [6.07, 6.45) is 3.89. The molecule has 1 saturated heterocycles. The molecule has 1 atom stereocenters. The van der Waals surface area contributed by atoms with Crippen LogP contribution in [0.3, 0.4) is 0 Å². The molecule has 1 aromatic heterocycles. The van der Waals surface area contributed by atoms with Crippen LogP contribution in [0.2, 0.25) is 0 Å². The van der Waals surface area contributed by atoms with Crippen LogP contribution in [0.5, 0.6) is 5.75 Å². The molecular formula is C22H34N6O2. The second kappa shape index (κ2) is 11.0. The van der Waals surface area contributed by atoms with Crippen LogP contribution < -0.4 is 10.1 Å². The number of aliphatic imine (C=N–C) groups is 1. The van der Waals surface area contributed by atoms with Crippen molar-refractivity contribution < 1.29 is 9.47 Å². The van der Waals surface area contributed by atoms with Gasteiger partial charge >= 0.3 is 0 Å².